The third-order valence-electron chi connectivity index (χ3n) is 6.72. The standard InChI is InChI=1S/C19H34N2S/c1-15(17-9-5-3-6-10-17)20-13-14-21(19(20)22)16(2)18-11-7-4-8-12-18/h15-18H,3-14H2,1-2H3. The van der Waals surface area contributed by atoms with Gasteiger partial charge in [0.05, 0.1) is 0 Å². The van der Waals surface area contributed by atoms with Crippen LogP contribution >= 0.6 is 12.2 Å². The number of nitrogens with zero attached hydrogens (tertiary/aromatic N) is 2. The van der Waals surface area contributed by atoms with E-state index in [0.29, 0.717) is 12.1 Å². The number of hydrogen-bond acceptors (Lipinski definition) is 1. The van der Waals surface area contributed by atoms with Crippen LogP contribution in [0.15, 0.2) is 0 Å². The molecule has 0 spiro atoms. The molecule has 0 aromatic carbocycles. The monoisotopic (exact) mass is 322 g/mol. The maximum atomic E-state index is 5.90. The normalized spacial score (nSPS) is 28.2. The lowest BCUT2D eigenvalue weighted by Gasteiger charge is -2.38. The van der Waals surface area contributed by atoms with Crippen molar-refractivity contribution in [3.63, 3.8) is 0 Å². The highest BCUT2D eigenvalue weighted by molar-refractivity contribution is 7.80. The van der Waals surface area contributed by atoms with Crippen molar-refractivity contribution in [1.82, 2.24) is 9.80 Å². The van der Waals surface area contributed by atoms with Gasteiger partial charge < -0.3 is 9.80 Å². The van der Waals surface area contributed by atoms with E-state index >= 15 is 0 Å². The number of rotatable bonds is 4. The fraction of sp³-hybridized carbons (Fsp3) is 0.947. The lowest BCUT2D eigenvalue weighted by molar-refractivity contribution is 0.204. The van der Waals surface area contributed by atoms with Crippen molar-refractivity contribution in [2.45, 2.75) is 90.1 Å². The van der Waals surface area contributed by atoms with Crippen LogP contribution in [0.25, 0.3) is 0 Å². The minimum absolute atomic E-state index is 0.649. The first-order valence-electron chi connectivity index (χ1n) is 9.75. The van der Waals surface area contributed by atoms with E-state index in [9.17, 15) is 0 Å². The molecule has 2 saturated carbocycles. The molecule has 126 valence electrons. The Morgan fingerprint density at radius 1 is 0.727 bits per heavy atom. The zero-order chi connectivity index (χ0) is 15.5. The summed E-state index contributed by atoms with van der Waals surface area (Å²) in [5, 5.41) is 1.16. The highest BCUT2D eigenvalue weighted by Gasteiger charge is 2.36. The predicted octanol–water partition coefficient (Wildman–Crippen LogP) is 4.83. The molecule has 2 unspecified atom stereocenters. The largest absolute Gasteiger partial charge is 0.344 e. The summed E-state index contributed by atoms with van der Waals surface area (Å²) in [5.41, 5.74) is 0. The second kappa shape index (κ2) is 7.51. The summed E-state index contributed by atoms with van der Waals surface area (Å²) in [6.07, 6.45) is 14.3. The minimum Gasteiger partial charge on any atom is -0.344 e. The van der Waals surface area contributed by atoms with Gasteiger partial charge in [-0.05, 0) is 63.6 Å². The van der Waals surface area contributed by atoms with Crippen molar-refractivity contribution >= 4 is 17.3 Å². The first-order chi connectivity index (χ1) is 10.7. The van der Waals surface area contributed by atoms with Gasteiger partial charge in [0.15, 0.2) is 5.11 Å². The lowest BCUT2D eigenvalue weighted by atomic mass is 9.84. The predicted molar refractivity (Wildman–Crippen MR) is 98.1 cm³/mol. The van der Waals surface area contributed by atoms with Crippen LogP contribution in [-0.4, -0.2) is 40.1 Å². The van der Waals surface area contributed by atoms with Gasteiger partial charge in [-0.15, -0.1) is 0 Å². The zero-order valence-corrected chi connectivity index (χ0v) is 15.4. The second-order valence-electron chi connectivity index (χ2n) is 7.95. The van der Waals surface area contributed by atoms with Gasteiger partial charge in [-0.2, -0.15) is 0 Å². The molecule has 0 amide bonds. The van der Waals surface area contributed by atoms with Crippen LogP contribution in [0.2, 0.25) is 0 Å². The number of hydrogen-bond donors (Lipinski definition) is 0. The van der Waals surface area contributed by atoms with Crippen molar-refractivity contribution in [1.29, 1.82) is 0 Å². The Labute approximate surface area is 142 Å². The van der Waals surface area contributed by atoms with Gasteiger partial charge in [0, 0.05) is 25.2 Å². The van der Waals surface area contributed by atoms with Crippen molar-refractivity contribution < 1.29 is 0 Å². The van der Waals surface area contributed by atoms with E-state index in [4.69, 9.17) is 12.2 Å². The molecule has 0 bridgehead atoms. The van der Waals surface area contributed by atoms with Gasteiger partial charge in [-0.25, -0.2) is 0 Å². The Bertz CT molecular complexity index is 338. The summed E-state index contributed by atoms with van der Waals surface area (Å²) >= 11 is 5.90. The topological polar surface area (TPSA) is 6.48 Å². The molecule has 3 rings (SSSR count). The third kappa shape index (κ3) is 3.44. The Morgan fingerprint density at radius 2 is 1.09 bits per heavy atom. The highest BCUT2D eigenvalue weighted by atomic mass is 32.1. The van der Waals surface area contributed by atoms with Gasteiger partial charge in [-0.1, -0.05) is 38.5 Å². The van der Waals surface area contributed by atoms with Gasteiger partial charge in [-0.3, -0.25) is 0 Å². The molecule has 1 aliphatic heterocycles. The lowest BCUT2D eigenvalue weighted by Crippen LogP contribution is -2.46. The van der Waals surface area contributed by atoms with Crippen LogP contribution in [-0.2, 0) is 0 Å². The summed E-state index contributed by atoms with van der Waals surface area (Å²) in [5.74, 6) is 1.74. The summed E-state index contributed by atoms with van der Waals surface area (Å²) in [6, 6.07) is 1.30. The molecule has 0 N–H and O–H groups in total. The fourth-order valence-electron chi connectivity index (χ4n) is 5.07. The summed E-state index contributed by atoms with van der Waals surface area (Å²) in [7, 11) is 0. The smallest absolute Gasteiger partial charge is 0.172 e. The Kier molecular flexibility index (Phi) is 5.64. The average Bonchev–Trinajstić information content (AvgIpc) is 2.96. The molecule has 2 aliphatic carbocycles. The van der Waals surface area contributed by atoms with Gasteiger partial charge in [0.2, 0.25) is 0 Å². The molecule has 1 heterocycles. The second-order valence-corrected chi connectivity index (χ2v) is 8.31. The van der Waals surface area contributed by atoms with Crippen LogP contribution < -0.4 is 0 Å². The first kappa shape index (κ1) is 16.5. The van der Waals surface area contributed by atoms with E-state index in [1.165, 1.54) is 64.2 Å². The Balaban J connectivity index is 1.58. The molecule has 3 heteroatoms. The minimum atomic E-state index is 0.649. The molecule has 0 aromatic heterocycles. The van der Waals surface area contributed by atoms with Crippen LogP contribution in [0.4, 0.5) is 0 Å². The summed E-state index contributed by atoms with van der Waals surface area (Å²) in [4.78, 5) is 5.12. The van der Waals surface area contributed by atoms with E-state index in [1.807, 2.05) is 0 Å². The maximum absolute atomic E-state index is 5.90. The van der Waals surface area contributed by atoms with E-state index in [2.05, 4.69) is 23.6 Å². The molecular formula is C19H34N2S. The molecule has 1 saturated heterocycles. The van der Waals surface area contributed by atoms with Crippen LogP contribution in [0.1, 0.15) is 78.1 Å². The SMILES string of the molecule is CC(C1CCCCC1)N1CCN(C(C)C2CCCCC2)C1=S. The highest BCUT2D eigenvalue weighted by Crippen LogP contribution is 2.33. The maximum Gasteiger partial charge on any atom is 0.172 e. The molecule has 3 aliphatic rings. The summed E-state index contributed by atoms with van der Waals surface area (Å²) in [6.45, 7) is 7.18. The van der Waals surface area contributed by atoms with E-state index < -0.39 is 0 Å². The summed E-state index contributed by atoms with van der Waals surface area (Å²) < 4.78 is 0. The van der Waals surface area contributed by atoms with Crippen molar-refractivity contribution in [2.75, 3.05) is 13.1 Å². The first-order valence-corrected chi connectivity index (χ1v) is 10.2. The number of thiocarbonyl (C=S) groups is 1. The molecule has 22 heavy (non-hydrogen) atoms. The molecule has 2 atom stereocenters. The average molecular weight is 323 g/mol. The molecule has 2 nitrogen and oxygen atoms in total. The fourth-order valence-corrected chi connectivity index (χ4v) is 5.58. The van der Waals surface area contributed by atoms with Crippen molar-refractivity contribution in [3.8, 4) is 0 Å². The van der Waals surface area contributed by atoms with Gasteiger partial charge in [0.1, 0.15) is 0 Å². The zero-order valence-electron chi connectivity index (χ0n) is 14.6. The van der Waals surface area contributed by atoms with Gasteiger partial charge in [0.25, 0.3) is 0 Å². The quantitative estimate of drug-likeness (QED) is 0.685. The van der Waals surface area contributed by atoms with E-state index in [1.54, 1.807) is 0 Å². The Hall–Kier alpha value is -0.310. The van der Waals surface area contributed by atoms with Crippen molar-refractivity contribution in [3.05, 3.63) is 0 Å². The van der Waals surface area contributed by atoms with Gasteiger partial charge >= 0.3 is 0 Å². The molecule has 0 radical (unpaired) electrons. The molecule has 3 fully saturated rings. The third-order valence-corrected chi connectivity index (χ3v) is 7.19. The van der Waals surface area contributed by atoms with Crippen LogP contribution in [0, 0.1) is 11.8 Å². The van der Waals surface area contributed by atoms with E-state index in [0.717, 1.165) is 30.0 Å². The van der Waals surface area contributed by atoms with Crippen LogP contribution in [0.5, 0.6) is 0 Å². The molecular weight excluding hydrogens is 288 g/mol. The van der Waals surface area contributed by atoms with E-state index in [-0.39, 0.29) is 0 Å². The van der Waals surface area contributed by atoms with Crippen LogP contribution in [0.3, 0.4) is 0 Å². The van der Waals surface area contributed by atoms with Crippen molar-refractivity contribution in [2.24, 2.45) is 11.8 Å². The molecule has 0 aromatic rings. The Morgan fingerprint density at radius 3 is 1.45 bits per heavy atom.